The molecule has 0 saturated carbocycles. The minimum atomic E-state index is -0.585. The summed E-state index contributed by atoms with van der Waals surface area (Å²) in [6.07, 6.45) is 0.0784. The molecule has 0 radical (unpaired) electrons. The number of carbonyl (C=O) groups excluding carboxylic acids is 3. The monoisotopic (exact) mass is 381 g/mol. The third-order valence-electron chi connectivity index (χ3n) is 5.08. The van der Waals surface area contributed by atoms with E-state index in [0.717, 1.165) is 16.8 Å². The Balaban J connectivity index is 1.63. The summed E-state index contributed by atoms with van der Waals surface area (Å²) >= 11 is 0. The first-order chi connectivity index (χ1) is 13.4. The van der Waals surface area contributed by atoms with Crippen molar-refractivity contribution in [1.29, 1.82) is 0 Å². The Morgan fingerprint density at radius 2 is 1.86 bits per heavy atom. The van der Waals surface area contributed by atoms with E-state index in [-0.39, 0.29) is 31.3 Å². The summed E-state index contributed by atoms with van der Waals surface area (Å²) < 4.78 is 10.4. The van der Waals surface area contributed by atoms with Gasteiger partial charge in [-0.05, 0) is 43.2 Å². The van der Waals surface area contributed by atoms with Gasteiger partial charge in [-0.15, -0.1) is 0 Å². The number of carbonyl (C=O) groups is 3. The summed E-state index contributed by atoms with van der Waals surface area (Å²) in [6, 6.07) is 12.5. The molecule has 0 N–H and O–H groups in total. The fraction of sp³-hybridized carbons (Fsp3) is 0.318. The molecule has 3 rings (SSSR count). The molecule has 1 saturated heterocycles. The lowest BCUT2D eigenvalue weighted by atomic mass is 10.1. The molecule has 1 amide bonds. The molecule has 0 aromatic heterocycles. The Kier molecular flexibility index (Phi) is 5.78. The average Bonchev–Trinajstić information content (AvgIpc) is 3.09. The number of esters is 1. The lowest BCUT2D eigenvalue weighted by Crippen LogP contribution is -2.28. The van der Waals surface area contributed by atoms with Gasteiger partial charge in [-0.1, -0.05) is 24.3 Å². The lowest BCUT2D eigenvalue weighted by Gasteiger charge is -2.20. The van der Waals surface area contributed by atoms with E-state index in [1.165, 1.54) is 7.11 Å². The molecule has 0 spiro atoms. The molecule has 0 bridgehead atoms. The second-order valence-corrected chi connectivity index (χ2v) is 6.86. The molecule has 6 heteroatoms. The Morgan fingerprint density at radius 1 is 1.11 bits per heavy atom. The van der Waals surface area contributed by atoms with E-state index in [1.54, 1.807) is 29.2 Å². The van der Waals surface area contributed by atoms with Gasteiger partial charge in [-0.3, -0.25) is 14.4 Å². The number of hydrogen-bond acceptors (Lipinski definition) is 5. The number of ketones is 1. The maximum absolute atomic E-state index is 12.4. The SMILES string of the molecule is COc1ccccc1C(=O)COC(=O)[C@@H]1CC(=O)N(c2cccc(C)c2C)C1. The zero-order valence-electron chi connectivity index (χ0n) is 16.2. The molecule has 2 aromatic rings. The molecule has 2 aromatic carbocycles. The number of amides is 1. The highest BCUT2D eigenvalue weighted by Crippen LogP contribution is 2.30. The summed E-state index contributed by atoms with van der Waals surface area (Å²) in [4.78, 5) is 38.8. The normalized spacial score (nSPS) is 16.2. The highest BCUT2D eigenvalue weighted by molar-refractivity contribution is 6.02. The lowest BCUT2D eigenvalue weighted by molar-refractivity contribution is -0.147. The number of hydrogen-bond donors (Lipinski definition) is 0. The van der Waals surface area contributed by atoms with Crippen molar-refractivity contribution >= 4 is 23.3 Å². The maximum Gasteiger partial charge on any atom is 0.311 e. The van der Waals surface area contributed by atoms with Crippen molar-refractivity contribution in [3.05, 3.63) is 59.2 Å². The average molecular weight is 381 g/mol. The Hall–Kier alpha value is -3.15. The van der Waals surface area contributed by atoms with Crippen molar-refractivity contribution in [3.8, 4) is 5.75 Å². The first-order valence-corrected chi connectivity index (χ1v) is 9.11. The number of ether oxygens (including phenoxy) is 2. The molecular formula is C22H23NO5. The number of anilines is 1. The molecule has 1 aliphatic heterocycles. The van der Waals surface area contributed by atoms with Gasteiger partial charge >= 0.3 is 5.97 Å². The van der Waals surface area contributed by atoms with Crippen molar-refractivity contribution in [2.75, 3.05) is 25.2 Å². The van der Waals surface area contributed by atoms with Crippen LogP contribution >= 0.6 is 0 Å². The fourth-order valence-electron chi connectivity index (χ4n) is 3.33. The highest BCUT2D eigenvalue weighted by Gasteiger charge is 2.37. The van der Waals surface area contributed by atoms with Crippen LogP contribution < -0.4 is 9.64 Å². The van der Waals surface area contributed by atoms with Crippen molar-refractivity contribution in [3.63, 3.8) is 0 Å². The van der Waals surface area contributed by atoms with Gasteiger partial charge < -0.3 is 14.4 Å². The van der Waals surface area contributed by atoms with E-state index in [1.807, 2.05) is 32.0 Å². The van der Waals surface area contributed by atoms with Gasteiger partial charge in [0.25, 0.3) is 0 Å². The third kappa shape index (κ3) is 3.91. The Morgan fingerprint density at radius 3 is 2.61 bits per heavy atom. The van der Waals surface area contributed by atoms with Crippen LogP contribution in [0.2, 0.25) is 0 Å². The fourth-order valence-corrected chi connectivity index (χ4v) is 3.33. The third-order valence-corrected chi connectivity index (χ3v) is 5.08. The van der Waals surface area contributed by atoms with Gasteiger partial charge in [0.2, 0.25) is 11.7 Å². The summed E-state index contributed by atoms with van der Waals surface area (Å²) in [5.74, 6) is -1.16. The number of rotatable bonds is 6. The van der Waals surface area contributed by atoms with Gasteiger partial charge in [0.15, 0.2) is 6.61 Å². The highest BCUT2D eigenvalue weighted by atomic mass is 16.5. The van der Waals surface area contributed by atoms with Crippen LogP contribution in [0.3, 0.4) is 0 Å². The number of aryl methyl sites for hydroxylation is 1. The standard InChI is InChI=1S/C22H23NO5/c1-14-7-6-9-18(15(14)2)23-12-16(11-21(23)25)22(26)28-13-19(24)17-8-4-5-10-20(17)27-3/h4-10,16H,11-13H2,1-3H3/t16-/m1/s1. The topological polar surface area (TPSA) is 72.9 Å². The van der Waals surface area contributed by atoms with Crippen molar-refractivity contribution < 1.29 is 23.9 Å². The number of Topliss-reactive ketones (excluding diaryl/α,β-unsaturated/α-hetero) is 1. The van der Waals surface area contributed by atoms with Crippen LogP contribution in [0.15, 0.2) is 42.5 Å². The first kappa shape index (κ1) is 19.6. The molecule has 1 fully saturated rings. The summed E-state index contributed by atoms with van der Waals surface area (Å²) in [5, 5.41) is 0. The van der Waals surface area contributed by atoms with Crippen LogP contribution in [-0.4, -0.2) is 37.9 Å². The number of nitrogens with zero attached hydrogens (tertiary/aromatic N) is 1. The summed E-state index contributed by atoms with van der Waals surface area (Å²) in [6.45, 7) is 3.81. The van der Waals surface area contributed by atoms with E-state index in [9.17, 15) is 14.4 Å². The quantitative estimate of drug-likeness (QED) is 0.568. The van der Waals surface area contributed by atoms with Gasteiger partial charge in [-0.25, -0.2) is 0 Å². The molecular weight excluding hydrogens is 358 g/mol. The molecule has 1 heterocycles. The smallest absolute Gasteiger partial charge is 0.311 e. The van der Waals surface area contributed by atoms with Crippen LogP contribution in [0.1, 0.15) is 27.9 Å². The van der Waals surface area contributed by atoms with Crippen LogP contribution in [0.5, 0.6) is 5.75 Å². The van der Waals surface area contributed by atoms with E-state index in [0.29, 0.717) is 11.3 Å². The van der Waals surface area contributed by atoms with Crippen molar-refractivity contribution in [2.45, 2.75) is 20.3 Å². The number of methoxy groups -OCH3 is 1. The first-order valence-electron chi connectivity index (χ1n) is 9.11. The van der Waals surface area contributed by atoms with E-state index in [4.69, 9.17) is 9.47 Å². The largest absolute Gasteiger partial charge is 0.496 e. The number of para-hydroxylation sites is 1. The molecule has 146 valence electrons. The van der Waals surface area contributed by atoms with Gasteiger partial charge in [0.05, 0.1) is 18.6 Å². The minimum Gasteiger partial charge on any atom is -0.496 e. The summed E-state index contributed by atoms with van der Waals surface area (Å²) in [5.41, 5.74) is 3.26. The van der Waals surface area contributed by atoms with Crippen LogP contribution in [-0.2, 0) is 14.3 Å². The van der Waals surface area contributed by atoms with Gasteiger partial charge in [0.1, 0.15) is 5.75 Å². The molecule has 0 unspecified atom stereocenters. The molecule has 0 aliphatic carbocycles. The van der Waals surface area contributed by atoms with Crippen molar-refractivity contribution in [2.24, 2.45) is 5.92 Å². The zero-order chi connectivity index (χ0) is 20.3. The van der Waals surface area contributed by atoms with Crippen LogP contribution in [0.4, 0.5) is 5.69 Å². The minimum absolute atomic E-state index is 0.0784. The van der Waals surface area contributed by atoms with Crippen LogP contribution in [0, 0.1) is 19.8 Å². The van der Waals surface area contributed by atoms with Crippen LogP contribution in [0.25, 0.3) is 0 Å². The predicted octanol–water partition coefficient (Wildman–Crippen LogP) is 3.09. The zero-order valence-corrected chi connectivity index (χ0v) is 16.2. The van der Waals surface area contributed by atoms with E-state index < -0.39 is 11.9 Å². The van der Waals surface area contributed by atoms with E-state index in [2.05, 4.69) is 0 Å². The maximum atomic E-state index is 12.4. The van der Waals surface area contributed by atoms with Gasteiger partial charge in [-0.2, -0.15) is 0 Å². The second kappa shape index (κ2) is 8.25. The predicted molar refractivity (Wildman–Crippen MR) is 105 cm³/mol. The summed E-state index contributed by atoms with van der Waals surface area (Å²) in [7, 11) is 1.48. The van der Waals surface area contributed by atoms with E-state index >= 15 is 0 Å². The Bertz CT molecular complexity index is 921. The molecule has 6 nitrogen and oxygen atoms in total. The number of benzene rings is 2. The van der Waals surface area contributed by atoms with Gasteiger partial charge in [0, 0.05) is 18.7 Å². The molecule has 28 heavy (non-hydrogen) atoms. The molecule has 1 aliphatic rings. The second-order valence-electron chi connectivity index (χ2n) is 6.86. The molecule has 1 atom stereocenters. The van der Waals surface area contributed by atoms with Crippen molar-refractivity contribution in [1.82, 2.24) is 0 Å². The Labute approximate surface area is 164 Å².